The summed E-state index contributed by atoms with van der Waals surface area (Å²) >= 11 is 5.76. The Morgan fingerprint density at radius 1 is 0.770 bits per heavy atom. The normalized spacial score (nSPS) is 18.3. The fraction of sp³-hybridized carbons (Fsp3) is 0.400. The van der Waals surface area contributed by atoms with Gasteiger partial charge in [0.2, 0.25) is 0 Å². The van der Waals surface area contributed by atoms with Crippen molar-refractivity contribution in [2.75, 3.05) is 73.4 Å². The van der Waals surface area contributed by atoms with Gasteiger partial charge >= 0.3 is 11.8 Å². The van der Waals surface area contributed by atoms with E-state index in [9.17, 15) is 35.7 Å². The summed E-state index contributed by atoms with van der Waals surface area (Å²) in [6.07, 6.45) is 2.87. The smallest absolute Gasteiger partial charge is 0.417 e. The predicted molar refractivity (Wildman–Crippen MR) is 280 cm³/mol. The molecular weight excluding hydrogens is 1000 g/mol. The molecule has 19 heteroatoms. The number of benzene rings is 4. The molecule has 0 radical (unpaired) electrons. The second-order valence-corrected chi connectivity index (χ2v) is 22.2. The molecule has 4 aromatic carbocycles. The third-order valence-electron chi connectivity index (χ3n) is 14.7. The van der Waals surface area contributed by atoms with Crippen LogP contribution in [-0.4, -0.2) is 94.6 Å². The van der Waals surface area contributed by atoms with E-state index in [4.69, 9.17) is 30.2 Å². The van der Waals surface area contributed by atoms with Gasteiger partial charge in [-0.05, 0) is 101 Å². The number of carbonyl (C=O) groups excluding carboxylic acids is 2. The van der Waals surface area contributed by atoms with Crippen molar-refractivity contribution in [1.82, 2.24) is 5.32 Å². The van der Waals surface area contributed by atoms with Gasteiger partial charge in [0, 0.05) is 119 Å². The molecule has 9 rings (SSSR count). The van der Waals surface area contributed by atoms with Crippen LogP contribution in [0.4, 0.5) is 30.2 Å². The SMILES string of the molecule is CC1=CC(C)(C)N(C)c2cc3c(cc21)C1(c2cc4c(cc2O3)N(C)C(C)(C)C=C4CS(=O)(=O)O)c2cc(C(=O)NCCOCCOCCCCCCCl)ccc2C(=O)N1c1ccc2c(C(F)(F)F)cc(=O)oc2c1. The summed E-state index contributed by atoms with van der Waals surface area (Å²) in [4.78, 5) is 48.2. The summed E-state index contributed by atoms with van der Waals surface area (Å²) in [6, 6.07) is 16.0. The molecule has 4 aliphatic heterocycles. The molecule has 14 nitrogen and oxygen atoms in total. The van der Waals surface area contributed by atoms with Gasteiger partial charge in [-0.3, -0.25) is 19.0 Å². The lowest BCUT2D eigenvalue weighted by Crippen LogP contribution is -2.49. The van der Waals surface area contributed by atoms with E-state index in [1.54, 1.807) is 24.3 Å². The first-order chi connectivity index (χ1) is 34.9. The molecule has 2 amide bonds. The molecule has 2 N–H and O–H groups in total. The Labute approximate surface area is 432 Å². The van der Waals surface area contributed by atoms with E-state index in [0.29, 0.717) is 65.5 Å². The average Bonchev–Trinajstić information content (AvgIpc) is 3.57. The van der Waals surface area contributed by atoms with E-state index >= 15 is 4.79 Å². The summed E-state index contributed by atoms with van der Waals surface area (Å²) in [5, 5.41) is 2.49. The number of halogens is 4. The number of rotatable bonds is 16. The molecule has 1 atom stereocenters. The minimum Gasteiger partial charge on any atom is -0.456 e. The number of hydrogen-bond donors (Lipinski definition) is 2. The van der Waals surface area contributed by atoms with Crippen LogP contribution in [0.25, 0.3) is 22.1 Å². The second-order valence-electron chi connectivity index (χ2n) is 20.3. The zero-order valence-electron chi connectivity index (χ0n) is 42.2. The number of nitrogens with zero attached hydrogens (tertiary/aromatic N) is 3. The van der Waals surface area contributed by atoms with E-state index in [2.05, 4.69) is 30.1 Å². The number of alkyl halides is 4. The Morgan fingerprint density at radius 3 is 2.07 bits per heavy atom. The van der Waals surface area contributed by atoms with Gasteiger partial charge in [0.05, 0.1) is 36.5 Å². The Morgan fingerprint density at radius 2 is 1.41 bits per heavy atom. The molecule has 0 saturated heterocycles. The number of carbonyl (C=O) groups is 2. The molecule has 0 saturated carbocycles. The lowest BCUT2D eigenvalue weighted by molar-refractivity contribution is -0.136. The van der Waals surface area contributed by atoms with Gasteiger partial charge in [0.1, 0.15) is 28.4 Å². The van der Waals surface area contributed by atoms with E-state index in [-0.39, 0.29) is 41.3 Å². The molecule has 1 aromatic heterocycles. The Bertz CT molecular complexity index is 3350. The standard InChI is InChI=1S/C55H58ClF3N4O10S/c1-32-29-52(2,3)61(6)44-27-47-42(24-38(32)44)54(43-25-39-34(31-74(67,68)69)30-53(4,5)62(7)45(39)28-48(43)72-47)40-22-33(50(65)60-17-19-71-21-20-70-18-11-9-8-10-16-56)12-14-37(40)51(66)63(54)35-13-15-36-41(55(57,58)59)26-49(64)73-46(36)23-35/h12-15,22-30H,8-11,16-21,31H2,1-7H3,(H,60,65)(H,67,68,69). The maximum Gasteiger partial charge on any atom is 0.417 e. The predicted octanol–water partition coefficient (Wildman–Crippen LogP) is 10.6. The number of fused-ring (bicyclic) bond motifs is 9. The molecule has 1 spiro atoms. The highest BCUT2D eigenvalue weighted by Crippen LogP contribution is 2.62. The summed E-state index contributed by atoms with van der Waals surface area (Å²) in [5.41, 5.74) is -1.08. The summed E-state index contributed by atoms with van der Waals surface area (Å²) < 4.78 is 103. The van der Waals surface area contributed by atoms with Gasteiger partial charge < -0.3 is 33.7 Å². The number of amides is 2. The van der Waals surface area contributed by atoms with Crippen LogP contribution in [0.3, 0.4) is 0 Å². The second kappa shape index (κ2) is 19.5. The minimum absolute atomic E-state index is 0.0198. The molecule has 392 valence electrons. The Kier molecular flexibility index (Phi) is 13.9. The largest absolute Gasteiger partial charge is 0.456 e. The van der Waals surface area contributed by atoms with Crippen molar-refractivity contribution in [3.05, 3.63) is 134 Å². The third kappa shape index (κ3) is 9.48. The van der Waals surface area contributed by atoms with Crippen LogP contribution in [0.1, 0.15) is 114 Å². The Hall–Kier alpha value is -6.18. The number of nitrogens with one attached hydrogen (secondary N) is 1. The van der Waals surface area contributed by atoms with Crippen molar-refractivity contribution in [2.45, 2.75) is 83.1 Å². The number of hydrogen-bond acceptors (Lipinski definition) is 11. The highest BCUT2D eigenvalue weighted by atomic mass is 35.5. The number of allylic oxidation sites excluding steroid dienone is 1. The fourth-order valence-corrected chi connectivity index (χ4v) is 11.6. The van der Waals surface area contributed by atoms with Gasteiger partial charge in [-0.1, -0.05) is 25.0 Å². The molecule has 5 heterocycles. The number of likely N-dealkylation sites (N-methyl/N-ethyl adjacent to an activating group) is 2. The highest BCUT2D eigenvalue weighted by Gasteiger charge is 2.58. The molecule has 5 aromatic rings. The molecule has 74 heavy (non-hydrogen) atoms. The molecule has 1 unspecified atom stereocenters. The topological polar surface area (TPSA) is 168 Å². The average molecular weight is 1060 g/mol. The molecule has 4 aliphatic rings. The quantitative estimate of drug-likeness (QED) is 0.0416. The van der Waals surface area contributed by atoms with Crippen molar-refractivity contribution in [3.63, 3.8) is 0 Å². The molecule has 0 bridgehead atoms. The van der Waals surface area contributed by atoms with Crippen LogP contribution in [0, 0.1) is 0 Å². The number of ether oxygens (including phenoxy) is 3. The van der Waals surface area contributed by atoms with Crippen molar-refractivity contribution < 1.29 is 54.4 Å². The van der Waals surface area contributed by atoms with Gasteiger partial charge in [-0.2, -0.15) is 21.6 Å². The van der Waals surface area contributed by atoms with Crippen LogP contribution in [-0.2, 0) is 31.3 Å². The first kappa shape index (κ1) is 52.7. The van der Waals surface area contributed by atoms with Crippen molar-refractivity contribution in [1.29, 1.82) is 0 Å². The van der Waals surface area contributed by atoms with Crippen molar-refractivity contribution in [2.24, 2.45) is 0 Å². The number of unbranched alkanes of at least 4 members (excludes halogenated alkanes) is 3. The van der Waals surface area contributed by atoms with Gasteiger partial charge in [-0.25, -0.2) is 4.79 Å². The van der Waals surface area contributed by atoms with Crippen LogP contribution >= 0.6 is 11.6 Å². The van der Waals surface area contributed by atoms with E-state index in [1.807, 2.05) is 51.9 Å². The van der Waals surface area contributed by atoms with Gasteiger partial charge in [-0.15, -0.1) is 11.6 Å². The van der Waals surface area contributed by atoms with Crippen LogP contribution < -0.4 is 30.4 Å². The van der Waals surface area contributed by atoms with Gasteiger partial charge in [0.25, 0.3) is 21.9 Å². The van der Waals surface area contributed by atoms with E-state index < -0.39 is 72.6 Å². The monoisotopic (exact) mass is 1060 g/mol. The number of anilines is 3. The molecule has 0 fully saturated rings. The minimum atomic E-state index is -4.93. The maximum atomic E-state index is 15.7. The summed E-state index contributed by atoms with van der Waals surface area (Å²) in [6.45, 7) is 11.5. The van der Waals surface area contributed by atoms with Crippen LogP contribution in [0.2, 0.25) is 0 Å². The van der Waals surface area contributed by atoms with E-state index in [1.165, 1.54) is 29.2 Å². The van der Waals surface area contributed by atoms with Crippen molar-refractivity contribution >= 4 is 72.7 Å². The fourth-order valence-electron chi connectivity index (χ4n) is 10.8. The zero-order valence-corrected chi connectivity index (χ0v) is 43.7. The lowest BCUT2D eigenvalue weighted by atomic mass is 9.71. The molecular formula is C55H58ClF3N4O10S. The lowest BCUT2D eigenvalue weighted by Gasteiger charge is -2.47. The van der Waals surface area contributed by atoms with E-state index in [0.717, 1.165) is 48.6 Å². The summed E-state index contributed by atoms with van der Waals surface area (Å²) in [7, 11) is -0.840. The maximum absolute atomic E-state index is 15.7. The van der Waals surface area contributed by atoms with Crippen LogP contribution in [0.5, 0.6) is 11.5 Å². The van der Waals surface area contributed by atoms with Crippen molar-refractivity contribution in [3.8, 4) is 11.5 Å². The van der Waals surface area contributed by atoms with Crippen LogP contribution in [0.15, 0.2) is 88.1 Å². The first-order valence-corrected chi connectivity index (χ1v) is 26.6. The van der Waals surface area contributed by atoms with Gasteiger partial charge in [0.15, 0.2) is 0 Å². The zero-order chi connectivity index (χ0) is 53.3. The third-order valence-corrected chi connectivity index (χ3v) is 15.6. The Balaban J connectivity index is 1.24. The molecule has 0 aliphatic carbocycles. The highest BCUT2D eigenvalue weighted by molar-refractivity contribution is 7.86. The first-order valence-electron chi connectivity index (χ1n) is 24.4. The summed E-state index contributed by atoms with van der Waals surface area (Å²) in [5.74, 6) is -0.705.